The first-order valence-electron chi connectivity index (χ1n) is 8.56. The van der Waals surface area contributed by atoms with E-state index in [0.717, 1.165) is 22.4 Å². The monoisotopic (exact) mass is 376 g/mol. The Morgan fingerprint density at radius 3 is 2.48 bits per heavy atom. The number of nitrogens with one attached hydrogen (secondary N) is 3. The Bertz CT molecular complexity index is 986. The number of thiocarbonyl (C=S) groups is 1. The summed E-state index contributed by atoms with van der Waals surface area (Å²) in [5.41, 5.74) is 5.62. The lowest BCUT2D eigenvalue weighted by Gasteiger charge is -2.30. The molecule has 3 N–H and O–H groups in total. The molecule has 0 bridgehead atoms. The van der Waals surface area contributed by atoms with Crippen molar-refractivity contribution in [2.75, 3.05) is 5.32 Å². The zero-order valence-corrected chi connectivity index (χ0v) is 16.2. The molecule has 2 aromatic rings. The molecule has 1 aliphatic heterocycles. The summed E-state index contributed by atoms with van der Waals surface area (Å²) in [7, 11) is 0. The SMILES string of the molecule is CC1=C(C(=O)Nc2ccc(C)cc2C)[C@@H](c2ccc(C#N)cc2)NC(=S)N1. The molecule has 0 aliphatic carbocycles. The molecule has 1 amide bonds. The summed E-state index contributed by atoms with van der Waals surface area (Å²) >= 11 is 5.27. The van der Waals surface area contributed by atoms with Crippen LogP contribution in [0.15, 0.2) is 53.7 Å². The lowest BCUT2D eigenvalue weighted by Crippen LogP contribution is -2.45. The van der Waals surface area contributed by atoms with E-state index in [1.54, 1.807) is 12.1 Å². The van der Waals surface area contributed by atoms with Crippen molar-refractivity contribution in [2.45, 2.75) is 26.8 Å². The minimum Gasteiger partial charge on any atom is -0.351 e. The molecule has 0 radical (unpaired) electrons. The smallest absolute Gasteiger partial charge is 0.255 e. The normalized spacial score (nSPS) is 16.2. The van der Waals surface area contributed by atoms with Crippen LogP contribution in [0.5, 0.6) is 0 Å². The van der Waals surface area contributed by atoms with E-state index in [2.05, 4.69) is 22.0 Å². The van der Waals surface area contributed by atoms with E-state index < -0.39 is 6.04 Å². The van der Waals surface area contributed by atoms with E-state index in [1.807, 2.05) is 51.1 Å². The predicted molar refractivity (Wildman–Crippen MR) is 110 cm³/mol. The van der Waals surface area contributed by atoms with E-state index in [1.165, 1.54) is 0 Å². The number of anilines is 1. The molecule has 0 unspecified atom stereocenters. The van der Waals surface area contributed by atoms with Crippen molar-refractivity contribution in [1.82, 2.24) is 10.6 Å². The molecule has 0 saturated carbocycles. The molecule has 0 saturated heterocycles. The van der Waals surface area contributed by atoms with Crippen LogP contribution >= 0.6 is 12.2 Å². The van der Waals surface area contributed by atoms with Crippen LogP contribution in [0.2, 0.25) is 0 Å². The maximum atomic E-state index is 13.1. The topological polar surface area (TPSA) is 77.0 Å². The average molecular weight is 376 g/mol. The lowest BCUT2D eigenvalue weighted by molar-refractivity contribution is -0.113. The van der Waals surface area contributed by atoms with Gasteiger partial charge in [-0.1, -0.05) is 29.8 Å². The fourth-order valence-corrected chi connectivity index (χ4v) is 3.41. The van der Waals surface area contributed by atoms with Gasteiger partial charge in [-0.2, -0.15) is 5.26 Å². The van der Waals surface area contributed by atoms with E-state index >= 15 is 0 Å². The van der Waals surface area contributed by atoms with Crippen LogP contribution in [0.25, 0.3) is 0 Å². The number of nitriles is 1. The van der Waals surface area contributed by atoms with Gasteiger partial charge < -0.3 is 16.0 Å². The molecular weight excluding hydrogens is 356 g/mol. The fourth-order valence-electron chi connectivity index (χ4n) is 3.14. The molecule has 5 nitrogen and oxygen atoms in total. The number of rotatable bonds is 3. The second kappa shape index (κ2) is 7.60. The second-order valence-corrected chi connectivity index (χ2v) is 6.98. The zero-order chi connectivity index (χ0) is 19.6. The quantitative estimate of drug-likeness (QED) is 0.714. The van der Waals surface area contributed by atoms with Gasteiger partial charge in [0.25, 0.3) is 5.91 Å². The van der Waals surface area contributed by atoms with Crippen molar-refractivity contribution < 1.29 is 4.79 Å². The summed E-state index contributed by atoms with van der Waals surface area (Å²) in [4.78, 5) is 13.1. The Morgan fingerprint density at radius 2 is 1.85 bits per heavy atom. The number of carbonyl (C=O) groups excluding carboxylic acids is 1. The van der Waals surface area contributed by atoms with Crippen LogP contribution < -0.4 is 16.0 Å². The Morgan fingerprint density at radius 1 is 1.15 bits per heavy atom. The largest absolute Gasteiger partial charge is 0.351 e. The summed E-state index contributed by atoms with van der Waals surface area (Å²) < 4.78 is 0. The molecular formula is C21H20N4OS. The molecule has 3 rings (SSSR count). The van der Waals surface area contributed by atoms with Gasteiger partial charge in [0.1, 0.15) is 0 Å². The van der Waals surface area contributed by atoms with Gasteiger partial charge in [0, 0.05) is 11.4 Å². The van der Waals surface area contributed by atoms with Gasteiger partial charge in [-0.3, -0.25) is 4.79 Å². The Kier molecular flexibility index (Phi) is 5.24. The van der Waals surface area contributed by atoms with E-state index in [0.29, 0.717) is 21.9 Å². The van der Waals surface area contributed by atoms with Gasteiger partial charge in [0.2, 0.25) is 0 Å². The van der Waals surface area contributed by atoms with Gasteiger partial charge in [-0.25, -0.2) is 0 Å². The Labute approximate surface area is 164 Å². The molecule has 2 aromatic carbocycles. The Hall–Kier alpha value is -3.17. The number of allylic oxidation sites excluding steroid dienone is 1. The summed E-state index contributed by atoms with van der Waals surface area (Å²) in [6.45, 7) is 5.82. The van der Waals surface area contributed by atoms with E-state index in [4.69, 9.17) is 17.5 Å². The van der Waals surface area contributed by atoms with Crippen molar-refractivity contribution in [3.63, 3.8) is 0 Å². The molecule has 1 aliphatic rings. The predicted octanol–water partition coefficient (Wildman–Crippen LogP) is 3.61. The van der Waals surface area contributed by atoms with Crippen molar-refractivity contribution in [2.24, 2.45) is 0 Å². The average Bonchev–Trinajstić information content (AvgIpc) is 2.63. The minimum atomic E-state index is -0.391. The minimum absolute atomic E-state index is 0.198. The second-order valence-electron chi connectivity index (χ2n) is 6.58. The highest BCUT2D eigenvalue weighted by Gasteiger charge is 2.30. The van der Waals surface area contributed by atoms with E-state index in [-0.39, 0.29) is 5.91 Å². The van der Waals surface area contributed by atoms with Crippen molar-refractivity contribution in [3.05, 3.63) is 76.0 Å². The summed E-state index contributed by atoms with van der Waals surface area (Å²) in [6.07, 6.45) is 0. The van der Waals surface area contributed by atoms with Crippen molar-refractivity contribution >= 4 is 28.9 Å². The number of hydrogen-bond donors (Lipinski definition) is 3. The van der Waals surface area contributed by atoms with Gasteiger partial charge >= 0.3 is 0 Å². The summed E-state index contributed by atoms with van der Waals surface area (Å²) in [5, 5.41) is 18.7. The van der Waals surface area contributed by atoms with Crippen molar-refractivity contribution in [3.8, 4) is 6.07 Å². The molecule has 1 heterocycles. The standard InChI is InChI=1S/C21H20N4OS/c1-12-4-9-17(13(2)10-12)24-20(26)18-14(3)23-21(27)25-19(18)16-7-5-15(11-22)6-8-16/h4-10,19H,1-3H3,(H,24,26)(H2,23,25,27)/t19-/m1/s1. The number of nitrogens with zero attached hydrogens (tertiary/aromatic N) is 1. The summed E-state index contributed by atoms with van der Waals surface area (Å²) in [5.74, 6) is -0.198. The molecule has 0 fully saturated rings. The lowest BCUT2D eigenvalue weighted by atomic mass is 9.94. The first-order chi connectivity index (χ1) is 12.9. The third kappa shape index (κ3) is 3.99. The van der Waals surface area contributed by atoms with Gasteiger partial charge in [-0.05, 0) is 62.3 Å². The number of carbonyl (C=O) groups is 1. The highest BCUT2D eigenvalue weighted by Crippen LogP contribution is 2.28. The van der Waals surface area contributed by atoms with E-state index in [9.17, 15) is 4.79 Å². The summed E-state index contributed by atoms with van der Waals surface area (Å²) in [6, 6.07) is 14.7. The number of hydrogen-bond acceptors (Lipinski definition) is 3. The molecule has 6 heteroatoms. The third-order valence-corrected chi connectivity index (χ3v) is 4.74. The van der Waals surface area contributed by atoms with Crippen LogP contribution in [-0.2, 0) is 4.79 Å². The third-order valence-electron chi connectivity index (χ3n) is 4.52. The molecule has 0 aromatic heterocycles. The van der Waals surface area contributed by atoms with Crippen LogP contribution in [0.4, 0.5) is 5.69 Å². The highest BCUT2D eigenvalue weighted by atomic mass is 32.1. The van der Waals surface area contributed by atoms with Gasteiger partial charge in [-0.15, -0.1) is 0 Å². The number of benzene rings is 2. The van der Waals surface area contributed by atoms with Gasteiger partial charge in [0.05, 0.1) is 23.2 Å². The van der Waals surface area contributed by atoms with Crippen LogP contribution in [-0.4, -0.2) is 11.0 Å². The molecule has 27 heavy (non-hydrogen) atoms. The first kappa shape index (κ1) is 18.6. The first-order valence-corrected chi connectivity index (χ1v) is 8.97. The zero-order valence-electron chi connectivity index (χ0n) is 15.4. The fraction of sp³-hybridized carbons (Fsp3) is 0.190. The Balaban J connectivity index is 1.95. The maximum Gasteiger partial charge on any atom is 0.255 e. The maximum absolute atomic E-state index is 13.1. The molecule has 136 valence electrons. The van der Waals surface area contributed by atoms with Crippen LogP contribution in [0.1, 0.15) is 35.2 Å². The highest BCUT2D eigenvalue weighted by molar-refractivity contribution is 7.80. The van der Waals surface area contributed by atoms with Crippen LogP contribution in [0, 0.1) is 25.2 Å². The molecule has 1 atom stereocenters. The molecule has 0 spiro atoms. The van der Waals surface area contributed by atoms with Gasteiger partial charge in [0.15, 0.2) is 5.11 Å². The number of aryl methyl sites for hydroxylation is 2. The number of amides is 1. The van der Waals surface area contributed by atoms with Crippen LogP contribution in [0.3, 0.4) is 0 Å². The van der Waals surface area contributed by atoms with Crippen molar-refractivity contribution in [1.29, 1.82) is 5.26 Å².